The summed E-state index contributed by atoms with van der Waals surface area (Å²) < 4.78 is 12.9. The minimum Gasteiger partial charge on any atom is -0.368 e. The lowest BCUT2D eigenvalue weighted by Crippen LogP contribution is -2.39. The van der Waals surface area contributed by atoms with Crippen LogP contribution in [0.15, 0.2) is 29.4 Å². The zero-order valence-corrected chi connectivity index (χ0v) is 11.2. The van der Waals surface area contributed by atoms with Crippen LogP contribution < -0.4 is 10.7 Å². The SMILES string of the molecule is CN(C)C(=O)C1=NN(c2ccc(F)cc2)C(C(N)=O)C1. The van der Waals surface area contributed by atoms with Gasteiger partial charge in [-0.25, -0.2) is 4.39 Å². The molecule has 1 aliphatic rings. The van der Waals surface area contributed by atoms with Gasteiger partial charge in [-0.05, 0) is 24.3 Å². The Morgan fingerprint density at radius 3 is 2.45 bits per heavy atom. The summed E-state index contributed by atoms with van der Waals surface area (Å²) in [6, 6.07) is 4.75. The number of nitrogens with zero attached hydrogens (tertiary/aromatic N) is 3. The number of carbonyl (C=O) groups excluding carboxylic acids is 2. The summed E-state index contributed by atoms with van der Waals surface area (Å²) in [7, 11) is 3.20. The number of hydrazone groups is 1. The zero-order valence-electron chi connectivity index (χ0n) is 11.2. The van der Waals surface area contributed by atoms with Crippen molar-refractivity contribution in [2.45, 2.75) is 12.5 Å². The molecule has 7 heteroatoms. The third-order valence-electron chi connectivity index (χ3n) is 2.98. The van der Waals surface area contributed by atoms with Gasteiger partial charge in [-0.15, -0.1) is 0 Å². The van der Waals surface area contributed by atoms with Crippen molar-refractivity contribution in [3.05, 3.63) is 30.1 Å². The summed E-state index contributed by atoms with van der Waals surface area (Å²) in [5.74, 6) is -1.25. The van der Waals surface area contributed by atoms with Crippen LogP contribution in [0.4, 0.5) is 10.1 Å². The second-order valence-corrected chi connectivity index (χ2v) is 4.69. The fourth-order valence-electron chi connectivity index (χ4n) is 1.95. The summed E-state index contributed by atoms with van der Waals surface area (Å²) in [4.78, 5) is 24.8. The maximum atomic E-state index is 12.9. The zero-order chi connectivity index (χ0) is 14.9. The highest BCUT2D eigenvalue weighted by Gasteiger charge is 2.35. The largest absolute Gasteiger partial charge is 0.368 e. The summed E-state index contributed by atoms with van der Waals surface area (Å²) in [6.07, 6.45) is 0.143. The van der Waals surface area contributed by atoms with Crippen LogP contribution in [0.25, 0.3) is 0 Å². The molecule has 0 saturated heterocycles. The standard InChI is InChI=1S/C13H15FN4O2/c1-17(2)13(20)10-7-11(12(15)19)18(16-10)9-5-3-8(14)4-6-9/h3-6,11H,7H2,1-2H3,(H2,15,19). The molecule has 1 unspecified atom stereocenters. The molecule has 0 radical (unpaired) electrons. The van der Waals surface area contributed by atoms with Crippen molar-refractivity contribution in [2.24, 2.45) is 10.8 Å². The molecule has 0 spiro atoms. The average molecular weight is 278 g/mol. The number of hydrogen-bond acceptors (Lipinski definition) is 4. The van der Waals surface area contributed by atoms with Crippen LogP contribution in [0.2, 0.25) is 0 Å². The summed E-state index contributed by atoms with van der Waals surface area (Å²) in [6.45, 7) is 0. The van der Waals surface area contributed by atoms with Crippen LogP contribution in [-0.4, -0.2) is 42.6 Å². The van der Waals surface area contributed by atoms with Gasteiger partial charge in [0.1, 0.15) is 17.6 Å². The molecule has 1 aromatic rings. The first-order valence-corrected chi connectivity index (χ1v) is 6.03. The van der Waals surface area contributed by atoms with Crippen LogP contribution >= 0.6 is 0 Å². The van der Waals surface area contributed by atoms with E-state index in [1.165, 1.54) is 34.2 Å². The number of primary amides is 1. The van der Waals surface area contributed by atoms with E-state index >= 15 is 0 Å². The Hall–Kier alpha value is -2.44. The van der Waals surface area contributed by atoms with Crippen molar-refractivity contribution in [2.75, 3.05) is 19.1 Å². The number of nitrogens with two attached hydrogens (primary N) is 1. The molecule has 6 nitrogen and oxygen atoms in total. The lowest BCUT2D eigenvalue weighted by molar-refractivity contribution is -0.121. The van der Waals surface area contributed by atoms with E-state index in [0.717, 1.165) is 0 Å². The molecule has 20 heavy (non-hydrogen) atoms. The predicted molar refractivity (Wildman–Crippen MR) is 72.6 cm³/mol. The minimum atomic E-state index is -0.737. The van der Waals surface area contributed by atoms with Crippen LogP contribution in [-0.2, 0) is 9.59 Å². The third-order valence-corrected chi connectivity index (χ3v) is 2.98. The number of amides is 2. The predicted octanol–water partition coefficient (Wildman–Crippen LogP) is 0.334. The van der Waals surface area contributed by atoms with Crippen LogP contribution in [0.5, 0.6) is 0 Å². The summed E-state index contributed by atoms with van der Waals surface area (Å²) in [5.41, 5.74) is 6.10. The number of benzene rings is 1. The fraction of sp³-hybridized carbons (Fsp3) is 0.308. The lowest BCUT2D eigenvalue weighted by atomic mass is 10.1. The molecule has 1 aromatic carbocycles. The van der Waals surface area contributed by atoms with E-state index in [1.807, 2.05) is 0 Å². The number of rotatable bonds is 3. The van der Waals surface area contributed by atoms with E-state index in [-0.39, 0.29) is 18.0 Å². The topological polar surface area (TPSA) is 79.0 Å². The van der Waals surface area contributed by atoms with Gasteiger partial charge in [0.2, 0.25) is 5.91 Å². The first-order chi connectivity index (χ1) is 9.40. The summed E-state index contributed by atoms with van der Waals surface area (Å²) >= 11 is 0. The highest BCUT2D eigenvalue weighted by molar-refractivity contribution is 6.40. The van der Waals surface area contributed by atoms with Crippen molar-refractivity contribution in [1.29, 1.82) is 0 Å². The highest BCUT2D eigenvalue weighted by Crippen LogP contribution is 2.25. The minimum absolute atomic E-state index is 0.143. The second-order valence-electron chi connectivity index (χ2n) is 4.69. The lowest BCUT2D eigenvalue weighted by Gasteiger charge is -2.20. The Morgan fingerprint density at radius 2 is 1.95 bits per heavy atom. The second kappa shape index (κ2) is 5.28. The van der Waals surface area contributed by atoms with Crippen molar-refractivity contribution >= 4 is 23.2 Å². The first kappa shape index (κ1) is 14.0. The molecule has 0 aliphatic carbocycles. The van der Waals surface area contributed by atoms with Gasteiger partial charge in [0.05, 0.1) is 5.69 Å². The summed E-state index contributed by atoms with van der Waals surface area (Å²) in [5, 5.41) is 5.51. The first-order valence-electron chi connectivity index (χ1n) is 6.03. The van der Waals surface area contributed by atoms with Gasteiger partial charge in [-0.2, -0.15) is 5.10 Å². The Labute approximate surface area is 115 Å². The van der Waals surface area contributed by atoms with Crippen LogP contribution in [0.3, 0.4) is 0 Å². The van der Waals surface area contributed by atoms with E-state index in [2.05, 4.69) is 5.10 Å². The van der Waals surface area contributed by atoms with Gasteiger partial charge in [0, 0.05) is 20.5 Å². The van der Waals surface area contributed by atoms with Crippen LogP contribution in [0, 0.1) is 5.82 Å². The Bertz CT molecular complexity index is 568. The molecule has 0 bridgehead atoms. The third kappa shape index (κ3) is 2.61. The number of anilines is 1. The molecule has 1 aliphatic heterocycles. The fourth-order valence-corrected chi connectivity index (χ4v) is 1.95. The van der Waals surface area contributed by atoms with Gasteiger partial charge in [-0.3, -0.25) is 14.6 Å². The Kier molecular flexibility index (Phi) is 3.69. The number of hydrogen-bond donors (Lipinski definition) is 1. The molecular weight excluding hydrogens is 263 g/mol. The molecule has 0 saturated carbocycles. The van der Waals surface area contributed by atoms with Gasteiger partial charge in [0.15, 0.2) is 0 Å². The quantitative estimate of drug-likeness (QED) is 0.865. The number of carbonyl (C=O) groups is 2. The van der Waals surface area contributed by atoms with Crippen LogP contribution in [0.1, 0.15) is 6.42 Å². The molecule has 1 atom stereocenters. The molecular formula is C13H15FN4O2. The van der Waals surface area contributed by atoms with E-state index in [4.69, 9.17) is 5.73 Å². The number of halogens is 1. The van der Waals surface area contributed by atoms with E-state index in [1.54, 1.807) is 14.1 Å². The maximum absolute atomic E-state index is 12.9. The maximum Gasteiger partial charge on any atom is 0.269 e. The highest BCUT2D eigenvalue weighted by atomic mass is 19.1. The molecule has 2 rings (SSSR count). The van der Waals surface area contributed by atoms with Gasteiger partial charge < -0.3 is 10.6 Å². The smallest absolute Gasteiger partial charge is 0.269 e. The Morgan fingerprint density at radius 1 is 1.35 bits per heavy atom. The molecule has 2 N–H and O–H groups in total. The molecule has 0 fully saturated rings. The van der Waals surface area contributed by atoms with Crippen molar-refractivity contribution < 1.29 is 14.0 Å². The molecule has 0 aromatic heterocycles. The molecule has 2 amide bonds. The van der Waals surface area contributed by atoms with E-state index in [9.17, 15) is 14.0 Å². The average Bonchev–Trinajstić information content (AvgIpc) is 2.83. The van der Waals surface area contributed by atoms with Gasteiger partial charge >= 0.3 is 0 Å². The van der Waals surface area contributed by atoms with Crippen molar-refractivity contribution in [1.82, 2.24) is 4.90 Å². The monoisotopic (exact) mass is 278 g/mol. The molecule has 106 valence electrons. The van der Waals surface area contributed by atoms with E-state index in [0.29, 0.717) is 5.69 Å². The van der Waals surface area contributed by atoms with Gasteiger partial charge in [0.25, 0.3) is 5.91 Å². The molecule has 1 heterocycles. The van der Waals surface area contributed by atoms with Gasteiger partial charge in [-0.1, -0.05) is 0 Å². The van der Waals surface area contributed by atoms with E-state index < -0.39 is 17.8 Å². The van der Waals surface area contributed by atoms with Crippen molar-refractivity contribution in [3.63, 3.8) is 0 Å². The normalized spacial score (nSPS) is 17.9. The van der Waals surface area contributed by atoms with Crippen molar-refractivity contribution in [3.8, 4) is 0 Å². The Balaban J connectivity index is 2.34.